The van der Waals surface area contributed by atoms with Gasteiger partial charge in [-0.05, 0) is 18.2 Å². The maximum Gasteiger partial charge on any atom is 0.425 e. The predicted octanol–water partition coefficient (Wildman–Crippen LogP) is 1.47. The molecule has 6 aromatic carbocycles. The van der Waals surface area contributed by atoms with E-state index in [0.29, 0.717) is 6.07 Å². The van der Waals surface area contributed by atoms with Crippen molar-refractivity contribution in [3.05, 3.63) is 83.4 Å². The van der Waals surface area contributed by atoms with Crippen LogP contribution >= 0.6 is 12.0 Å². The molecule has 0 unspecified atom stereocenters. The zero-order valence-electron chi connectivity index (χ0n) is 24.7. The lowest BCUT2D eigenvalue weighted by atomic mass is 9.98. The molecule has 20 nitrogen and oxygen atoms in total. The van der Waals surface area contributed by atoms with Crippen molar-refractivity contribution in [2.45, 2.75) is 14.7 Å². The third-order valence-electron chi connectivity index (χ3n) is 7.87. The first-order chi connectivity index (χ1) is 24.3. The molecule has 7 aromatic rings. The van der Waals surface area contributed by atoms with Crippen LogP contribution in [-0.2, 0) is 40.2 Å². The molecule has 0 bridgehead atoms. The Labute approximate surface area is 290 Å². The van der Waals surface area contributed by atoms with Gasteiger partial charge in [0.2, 0.25) is 0 Å². The van der Waals surface area contributed by atoms with Crippen LogP contribution in [0.5, 0.6) is 11.5 Å². The van der Waals surface area contributed by atoms with Gasteiger partial charge in [-0.15, -0.1) is 17.0 Å². The minimum atomic E-state index is -5.47. The van der Waals surface area contributed by atoms with Gasteiger partial charge >= 0.3 is 10.6 Å². The number of aromatic hydroxyl groups is 2. The fraction of sp³-hybridized carbons (Fsp3) is 0. The van der Waals surface area contributed by atoms with Gasteiger partial charge in [-0.25, -0.2) is 5.26 Å². The lowest BCUT2D eigenvalue weighted by molar-refractivity contribution is -0.432. The largest absolute Gasteiger partial charge is 0.506 e. The molecular formula is C28H14N2O18S4. The molecule has 1 aromatic heterocycles. The summed E-state index contributed by atoms with van der Waals surface area (Å²) >= 11 is 0.0703. The summed E-state index contributed by atoms with van der Waals surface area (Å²) in [4.78, 5) is 57.6. The van der Waals surface area contributed by atoms with Crippen LogP contribution in [0.2, 0.25) is 0 Å². The van der Waals surface area contributed by atoms with Gasteiger partial charge in [0.1, 0.15) is 10.6 Å². The van der Waals surface area contributed by atoms with E-state index in [9.17, 15) is 55.3 Å². The molecule has 0 saturated heterocycles. The number of nitrogens with one attached hydrogen (secondary N) is 2. The Hall–Kier alpha value is -5.57. The summed E-state index contributed by atoms with van der Waals surface area (Å²) in [7, 11) is -13.5. The van der Waals surface area contributed by atoms with Crippen molar-refractivity contribution in [1.82, 2.24) is 9.97 Å². The van der Waals surface area contributed by atoms with E-state index in [1.807, 2.05) is 0 Å². The van der Waals surface area contributed by atoms with Crippen molar-refractivity contribution in [3.63, 3.8) is 0 Å². The van der Waals surface area contributed by atoms with Crippen molar-refractivity contribution in [3.8, 4) is 11.5 Å². The fourth-order valence-corrected chi connectivity index (χ4v) is 7.71. The van der Waals surface area contributed by atoms with E-state index < -0.39 is 133 Å². The van der Waals surface area contributed by atoms with Gasteiger partial charge in [0.05, 0.1) is 60.5 Å². The standard InChI is InChI=1S/C28H14N2O15S3.O3S/c31-21-9-3-1-2-4-10(9)22(32)16-14(21)18-20(28(26(16)36)48(41,42)43)30-17-13-15(25(35)27(19(17)29-18)46-45-44-37)23(33)11-6-5-8(47(38,39)40)7-12(11)24(13)34;1-4(2)3/h1-7,29-30,35-37H,(H,38,39,40)(H,41,42,43);. The van der Waals surface area contributed by atoms with E-state index in [4.69, 9.17) is 17.9 Å². The van der Waals surface area contributed by atoms with Gasteiger partial charge in [0.25, 0.3) is 20.2 Å². The molecule has 268 valence electrons. The lowest BCUT2D eigenvalue weighted by Crippen LogP contribution is -2.17. The van der Waals surface area contributed by atoms with E-state index in [2.05, 4.69) is 19.3 Å². The second-order valence-electron chi connectivity index (χ2n) is 10.6. The SMILES string of the molecule is O=S(=O)=O.O=c1c2ccc(S(=O)(=O)O)cc2c(=O)c2c1c(O)c(SOOO)c1[nH]c3c([nH]c12)c(S(=O)(=O)O)c(O)c1c(=O)c2ccccc2c(=O)c13. The smallest absolute Gasteiger partial charge is 0.425 e. The number of aromatic amines is 2. The van der Waals surface area contributed by atoms with Gasteiger partial charge in [0, 0.05) is 21.5 Å². The summed E-state index contributed by atoms with van der Waals surface area (Å²) < 4.78 is 98.7. The van der Waals surface area contributed by atoms with Crippen molar-refractivity contribution in [2.24, 2.45) is 0 Å². The van der Waals surface area contributed by atoms with Gasteiger partial charge in [-0.1, -0.05) is 29.3 Å². The fourth-order valence-electron chi connectivity index (χ4n) is 5.93. The lowest BCUT2D eigenvalue weighted by Gasteiger charge is -2.16. The maximum absolute atomic E-state index is 14.0. The van der Waals surface area contributed by atoms with Crippen molar-refractivity contribution < 1.29 is 63.4 Å². The first kappa shape index (κ1) is 36.2. The Bertz CT molecular complexity index is 3340. The molecular weight excluding hydrogens is 781 g/mol. The highest BCUT2D eigenvalue weighted by Gasteiger charge is 2.31. The maximum atomic E-state index is 14.0. The quantitative estimate of drug-likeness (QED) is 0.0324. The van der Waals surface area contributed by atoms with E-state index in [-0.39, 0.29) is 22.8 Å². The molecule has 1 heterocycles. The van der Waals surface area contributed by atoms with Gasteiger partial charge < -0.3 is 20.2 Å². The highest BCUT2D eigenvalue weighted by molar-refractivity contribution is 7.95. The highest BCUT2D eigenvalue weighted by atomic mass is 32.2. The minimum absolute atomic E-state index is 0.0703. The molecule has 52 heavy (non-hydrogen) atoms. The van der Waals surface area contributed by atoms with Crippen LogP contribution in [0.1, 0.15) is 0 Å². The van der Waals surface area contributed by atoms with Crippen LogP contribution in [0.3, 0.4) is 0 Å². The van der Waals surface area contributed by atoms with Crippen LogP contribution in [0.4, 0.5) is 0 Å². The summed E-state index contributed by atoms with van der Waals surface area (Å²) in [5, 5.41) is 30.8. The molecule has 0 spiro atoms. The minimum Gasteiger partial charge on any atom is -0.506 e. The Morgan fingerprint density at radius 3 is 1.60 bits per heavy atom. The molecule has 7 rings (SSSR count). The number of phenols is 2. The molecule has 0 aliphatic heterocycles. The average Bonchev–Trinajstić information content (AvgIpc) is 3.06. The number of benzene rings is 6. The zero-order valence-corrected chi connectivity index (χ0v) is 28.0. The molecule has 0 saturated carbocycles. The third kappa shape index (κ3) is 5.59. The van der Waals surface area contributed by atoms with Crippen LogP contribution < -0.4 is 21.7 Å². The van der Waals surface area contributed by atoms with Gasteiger partial charge in [-0.2, -0.15) is 16.8 Å². The van der Waals surface area contributed by atoms with E-state index in [1.165, 1.54) is 24.3 Å². The van der Waals surface area contributed by atoms with E-state index in [1.54, 1.807) is 0 Å². The van der Waals surface area contributed by atoms with Crippen LogP contribution in [-0.4, -0.2) is 64.0 Å². The molecule has 0 aliphatic carbocycles. The van der Waals surface area contributed by atoms with Crippen LogP contribution in [0.15, 0.2) is 76.3 Å². The number of fused-ring (bicyclic) bond motifs is 8. The number of H-pyrrole nitrogens is 2. The second kappa shape index (κ2) is 12.6. The summed E-state index contributed by atoms with van der Waals surface area (Å²) in [6.07, 6.45) is 0. The summed E-state index contributed by atoms with van der Waals surface area (Å²) in [5.74, 6) is -2.30. The van der Waals surface area contributed by atoms with E-state index >= 15 is 0 Å². The predicted molar refractivity (Wildman–Crippen MR) is 180 cm³/mol. The molecule has 0 amide bonds. The summed E-state index contributed by atoms with van der Waals surface area (Å²) in [6, 6.07) is 7.83. The molecule has 0 radical (unpaired) electrons. The molecule has 0 aliphatic rings. The molecule has 0 fully saturated rings. The summed E-state index contributed by atoms with van der Waals surface area (Å²) in [5.41, 5.74) is -6.40. The monoisotopic (exact) mass is 794 g/mol. The Morgan fingerprint density at radius 1 is 0.615 bits per heavy atom. The summed E-state index contributed by atoms with van der Waals surface area (Å²) in [6.45, 7) is 0. The molecule has 0 atom stereocenters. The van der Waals surface area contributed by atoms with E-state index in [0.717, 1.165) is 12.1 Å². The number of hydrogen-bond donors (Lipinski definition) is 7. The average molecular weight is 795 g/mol. The highest BCUT2D eigenvalue weighted by Crippen LogP contribution is 2.43. The van der Waals surface area contributed by atoms with Gasteiger partial charge in [0.15, 0.2) is 32.4 Å². The first-order valence-electron chi connectivity index (χ1n) is 13.5. The third-order valence-corrected chi connectivity index (χ3v) is 10.3. The van der Waals surface area contributed by atoms with Gasteiger partial charge in [-0.3, -0.25) is 28.3 Å². The number of aromatic nitrogens is 2. The topological polar surface area (TPSA) is 339 Å². The van der Waals surface area contributed by atoms with Crippen LogP contribution in [0, 0.1) is 0 Å². The molecule has 7 N–H and O–H groups in total. The number of phenolic OH excluding ortho intramolecular Hbond substituents is 2. The number of rotatable bonds is 5. The van der Waals surface area contributed by atoms with Crippen molar-refractivity contribution >= 4 is 108 Å². The van der Waals surface area contributed by atoms with Crippen molar-refractivity contribution in [1.29, 1.82) is 0 Å². The molecule has 24 heteroatoms. The number of hydrogen-bond acceptors (Lipinski definition) is 17. The Morgan fingerprint density at radius 2 is 1.08 bits per heavy atom. The zero-order chi connectivity index (χ0) is 38.2. The Balaban J connectivity index is 0.00000110. The second-order valence-corrected chi connectivity index (χ2v) is 14.5. The van der Waals surface area contributed by atoms with Crippen LogP contribution in [0.25, 0.3) is 65.2 Å². The Kier molecular flexibility index (Phi) is 8.76. The first-order valence-corrected chi connectivity index (χ1v) is 18.1. The van der Waals surface area contributed by atoms with Crippen molar-refractivity contribution in [2.75, 3.05) is 0 Å². The normalized spacial score (nSPS) is 12.2.